The van der Waals surface area contributed by atoms with Gasteiger partial charge in [0.2, 0.25) is 11.8 Å². The Kier molecular flexibility index (Phi) is 7.82. The fraction of sp³-hybridized carbons (Fsp3) is 0.565. The third kappa shape index (κ3) is 5.24. The number of carbonyl (C=O) groups excluding carboxylic acids is 4. The Balaban J connectivity index is 1.43. The lowest BCUT2D eigenvalue weighted by atomic mass is 9.96. The summed E-state index contributed by atoms with van der Waals surface area (Å²) in [6.45, 7) is 3.82. The SMILES string of the molecule is CCOC(=O)N1CCN(C(=O)CSC2NC(c3ccccc3)NC3C2C(=O)N(C)C(=O)N3C)CC1. The molecular weight excluding hydrogens is 472 g/mol. The van der Waals surface area contributed by atoms with Crippen molar-refractivity contribution in [1.29, 1.82) is 0 Å². The van der Waals surface area contributed by atoms with Gasteiger partial charge in [-0.25, -0.2) is 9.59 Å². The van der Waals surface area contributed by atoms with E-state index in [0.29, 0.717) is 32.8 Å². The highest BCUT2D eigenvalue weighted by atomic mass is 32.2. The monoisotopic (exact) mass is 504 g/mol. The van der Waals surface area contributed by atoms with E-state index < -0.39 is 12.1 Å². The molecular formula is C23H32N6O5S. The molecule has 4 atom stereocenters. The van der Waals surface area contributed by atoms with Gasteiger partial charge >= 0.3 is 12.1 Å². The summed E-state index contributed by atoms with van der Waals surface area (Å²) >= 11 is 1.37. The van der Waals surface area contributed by atoms with E-state index in [-0.39, 0.29) is 41.2 Å². The first-order chi connectivity index (χ1) is 16.8. The fourth-order valence-corrected chi connectivity index (χ4v) is 5.85. The Hall–Kier alpha value is -2.83. The number of imide groups is 1. The number of rotatable bonds is 5. The molecule has 3 aliphatic heterocycles. The summed E-state index contributed by atoms with van der Waals surface area (Å²) in [6, 6.07) is 9.37. The van der Waals surface area contributed by atoms with Gasteiger partial charge < -0.3 is 19.4 Å². The van der Waals surface area contributed by atoms with Crippen LogP contribution in [0, 0.1) is 5.92 Å². The largest absolute Gasteiger partial charge is 0.450 e. The predicted molar refractivity (Wildman–Crippen MR) is 130 cm³/mol. The zero-order valence-corrected chi connectivity index (χ0v) is 21.0. The zero-order chi connectivity index (χ0) is 25.1. The number of urea groups is 1. The van der Waals surface area contributed by atoms with Crippen molar-refractivity contribution in [2.24, 2.45) is 5.92 Å². The summed E-state index contributed by atoms with van der Waals surface area (Å²) in [4.78, 5) is 56.6. The Morgan fingerprint density at radius 2 is 1.69 bits per heavy atom. The minimum Gasteiger partial charge on any atom is -0.450 e. The number of fused-ring (bicyclic) bond motifs is 1. The lowest BCUT2D eigenvalue weighted by molar-refractivity contribution is -0.140. The van der Waals surface area contributed by atoms with Crippen molar-refractivity contribution in [2.75, 3.05) is 52.6 Å². The zero-order valence-electron chi connectivity index (χ0n) is 20.2. The van der Waals surface area contributed by atoms with Gasteiger partial charge in [-0.15, -0.1) is 11.8 Å². The van der Waals surface area contributed by atoms with Crippen LogP contribution in [-0.2, 0) is 14.3 Å². The number of hydrogen-bond donors (Lipinski definition) is 2. The van der Waals surface area contributed by atoms with Gasteiger partial charge in [-0.3, -0.25) is 25.1 Å². The van der Waals surface area contributed by atoms with E-state index in [1.165, 1.54) is 18.8 Å². The highest BCUT2D eigenvalue weighted by molar-refractivity contribution is 8.00. The molecule has 1 aromatic carbocycles. The normalized spacial score (nSPS) is 27.1. The van der Waals surface area contributed by atoms with Crippen LogP contribution in [-0.4, -0.2) is 108 Å². The van der Waals surface area contributed by atoms with Gasteiger partial charge in [0.05, 0.1) is 36.0 Å². The molecule has 3 fully saturated rings. The summed E-state index contributed by atoms with van der Waals surface area (Å²) < 4.78 is 5.04. The first-order valence-electron chi connectivity index (χ1n) is 11.7. The van der Waals surface area contributed by atoms with Crippen LogP contribution in [0.5, 0.6) is 0 Å². The summed E-state index contributed by atoms with van der Waals surface area (Å²) in [7, 11) is 3.16. The van der Waals surface area contributed by atoms with E-state index in [1.54, 1.807) is 28.7 Å². The molecule has 1 aromatic rings. The number of nitrogens with one attached hydrogen (secondary N) is 2. The second kappa shape index (κ2) is 10.8. The van der Waals surface area contributed by atoms with Crippen LogP contribution in [0.4, 0.5) is 9.59 Å². The summed E-state index contributed by atoms with van der Waals surface area (Å²) in [6.07, 6.45) is -1.15. The van der Waals surface area contributed by atoms with Crippen molar-refractivity contribution in [2.45, 2.75) is 24.6 Å². The average molecular weight is 505 g/mol. The van der Waals surface area contributed by atoms with Crippen LogP contribution < -0.4 is 10.6 Å². The molecule has 5 amide bonds. The summed E-state index contributed by atoms with van der Waals surface area (Å²) in [5.74, 6) is -0.706. The Labute approximate surface area is 209 Å². The third-order valence-corrected chi connectivity index (χ3v) is 7.84. The van der Waals surface area contributed by atoms with E-state index in [1.807, 2.05) is 30.3 Å². The second-order valence-electron chi connectivity index (χ2n) is 8.74. The number of thioether (sulfide) groups is 1. The van der Waals surface area contributed by atoms with Gasteiger partial charge in [0.15, 0.2) is 0 Å². The van der Waals surface area contributed by atoms with Gasteiger partial charge in [0.25, 0.3) is 0 Å². The first-order valence-corrected chi connectivity index (χ1v) is 12.8. The molecule has 3 aliphatic rings. The molecule has 0 aliphatic carbocycles. The maximum atomic E-state index is 13.1. The molecule has 4 unspecified atom stereocenters. The van der Waals surface area contributed by atoms with Crippen molar-refractivity contribution in [3.8, 4) is 0 Å². The lowest BCUT2D eigenvalue weighted by Gasteiger charge is -2.50. The highest BCUT2D eigenvalue weighted by Gasteiger charge is 2.51. The molecule has 4 rings (SSSR count). The molecule has 12 heteroatoms. The molecule has 2 N–H and O–H groups in total. The van der Waals surface area contributed by atoms with Crippen LogP contribution in [0.2, 0.25) is 0 Å². The topological polar surface area (TPSA) is 115 Å². The van der Waals surface area contributed by atoms with Gasteiger partial charge in [0, 0.05) is 40.3 Å². The van der Waals surface area contributed by atoms with E-state index in [0.717, 1.165) is 10.5 Å². The van der Waals surface area contributed by atoms with E-state index >= 15 is 0 Å². The smallest absolute Gasteiger partial charge is 0.409 e. The number of nitrogens with zero attached hydrogens (tertiary/aromatic N) is 4. The molecule has 3 saturated heterocycles. The van der Waals surface area contributed by atoms with Gasteiger partial charge in [-0.1, -0.05) is 30.3 Å². The number of ether oxygens (including phenoxy) is 1. The number of piperazine rings is 1. The van der Waals surface area contributed by atoms with Crippen LogP contribution in [0.3, 0.4) is 0 Å². The molecule has 35 heavy (non-hydrogen) atoms. The fourth-order valence-electron chi connectivity index (χ4n) is 4.64. The van der Waals surface area contributed by atoms with Crippen molar-refractivity contribution in [3.05, 3.63) is 35.9 Å². The number of amides is 5. The predicted octanol–water partition coefficient (Wildman–Crippen LogP) is 0.704. The molecule has 0 radical (unpaired) electrons. The molecule has 0 saturated carbocycles. The third-order valence-electron chi connectivity index (χ3n) is 6.63. The molecule has 0 bridgehead atoms. The maximum absolute atomic E-state index is 13.1. The minimum atomic E-state index is -0.555. The van der Waals surface area contributed by atoms with E-state index in [4.69, 9.17) is 4.74 Å². The van der Waals surface area contributed by atoms with Crippen molar-refractivity contribution in [1.82, 2.24) is 30.2 Å². The highest BCUT2D eigenvalue weighted by Crippen LogP contribution is 2.34. The van der Waals surface area contributed by atoms with Crippen LogP contribution in [0.1, 0.15) is 18.7 Å². The van der Waals surface area contributed by atoms with Crippen LogP contribution in [0.25, 0.3) is 0 Å². The van der Waals surface area contributed by atoms with Gasteiger partial charge in [-0.2, -0.15) is 0 Å². The van der Waals surface area contributed by atoms with E-state index in [2.05, 4.69) is 10.6 Å². The van der Waals surface area contributed by atoms with Crippen molar-refractivity contribution in [3.63, 3.8) is 0 Å². The molecule has 3 heterocycles. The Morgan fingerprint density at radius 3 is 2.34 bits per heavy atom. The van der Waals surface area contributed by atoms with Crippen molar-refractivity contribution < 1.29 is 23.9 Å². The average Bonchev–Trinajstić information content (AvgIpc) is 2.89. The Bertz CT molecular complexity index is 957. The standard InChI is InChI=1S/C23H32N6O5S/c1-4-34-23(33)29-12-10-28(11-13-29)16(30)14-35-20-17-19(26(2)22(32)27(3)21(17)31)24-18(25-20)15-8-6-5-7-9-15/h5-9,17-20,24-25H,4,10-14H2,1-3H3. The lowest BCUT2D eigenvalue weighted by Crippen LogP contribution is -2.72. The second-order valence-corrected chi connectivity index (χ2v) is 9.87. The van der Waals surface area contributed by atoms with Crippen molar-refractivity contribution >= 4 is 35.7 Å². The Morgan fingerprint density at radius 1 is 1.03 bits per heavy atom. The minimum absolute atomic E-state index is 0.0484. The van der Waals surface area contributed by atoms with E-state index in [9.17, 15) is 19.2 Å². The quantitative estimate of drug-likeness (QED) is 0.603. The summed E-state index contributed by atoms with van der Waals surface area (Å²) in [5, 5.41) is 6.49. The van der Waals surface area contributed by atoms with Crippen LogP contribution in [0.15, 0.2) is 30.3 Å². The number of carbonyl (C=O) groups is 4. The number of hydrogen-bond acceptors (Lipinski definition) is 8. The first kappa shape index (κ1) is 25.3. The number of benzene rings is 1. The van der Waals surface area contributed by atoms with Crippen LogP contribution >= 0.6 is 11.8 Å². The van der Waals surface area contributed by atoms with Gasteiger partial charge in [0.1, 0.15) is 0 Å². The molecule has 190 valence electrons. The maximum Gasteiger partial charge on any atom is 0.409 e. The molecule has 0 aromatic heterocycles. The van der Waals surface area contributed by atoms with Gasteiger partial charge in [-0.05, 0) is 12.5 Å². The molecule has 0 spiro atoms. The molecule has 11 nitrogen and oxygen atoms in total. The summed E-state index contributed by atoms with van der Waals surface area (Å²) in [5.41, 5.74) is 0.977.